The molecule has 3 heterocycles. The fraction of sp³-hybridized carbons (Fsp3) is 0.571. The lowest BCUT2D eigenvalue weighted by atomic mass is 10.2. The molecule has 2 aromatic rings. The lowest BCUT2D eigenvalue weighted by molar-refractivity contribution is 0.0971. The van der Waals surface area contributed by atoms with Gasteiger partial charge < -0.3 is 9.30 Å². The number of ether oxygens (including phenoxy) is 1. The van der Waals surface area contributed by atoms with Gasteiger partial charge in [-0.2, -0.15) is 0 Å². The van der Waals surface area contributed by atoms with Crippen LogP contribution in [0.1, 0.15) is 35.2 Å². The molecule has 108 valence electrons. The normalized spacial score (nSPS) is 19.2. The van der Waals surface area contributed by atoms with Crippen LogP contribution in [0.15, 0.2) is 11.6 Å². The molecule has 1 unspecified atom stereocenters. The van der Waals surface area contributed by atoms with Crippen molar-refractivity contribution in [2.45, 2.75) is 39.6 Å². The maximum absolute atomic E-state index is 5.78. The van der Waals surface area contributed by atoms with Crippen molar-refractivity contribution in [1.82, 2.24) is 19.4 Å². The molecule has 0 fully saturated rings. The van der Waals surface area contributed by atoms with Crippen LogP contribution in [-0.2, 0) is 24.5 Å². The van der Waals surface area contributed by atoms with Gasteiger partial charge in [0.1, 0.15) is 5.82 Å². The summed E-state index contributed by atoms with van der Waals surface area (Å²) in [4.78, 5) is 11.3. The third-order valence-corrected chi connectivity index (χ3v) is 4.67. The van der Waals surface area contributed by atoms with Crippen LogP contribution < -0.4 is 0 Å². The smallest absolute Gasteiger partial charge is 0.126 e. The summed E-state index contributed by atoms with van der Waals surface area (Å²) in [7, 11) is 2.14. The topological polar surface area (TPSA) is 43.2 Å². The van der Waals surface area contributed by atoms with E-state index in [9.17, 15) is 0 Å². The van der Waals surface area contributed by atoms with Crippen LogP contribution in [0.4, 0.5) is 0 Å². The van der Waals surface area contributed by atoms with Gasteiger partial charge in [0, 0.05) is 18.5 Å². The molecule has 0 spiro atoms. The van der Waals surface area contributed by atoms with Crippen LogP contribution in [0.2, 0.25) is 0 Å². The monoisotopic (exact) mass is 292 g/mol. The maximum Gasteiger partial charge on any atom is 0.126 e. The molecule has 0 aromatic carbocycles. The quantitative estimate of drug-likeness (QED) is 0.868. The number of likely N-dealkylation sites (N-methyl/N-ethyl adjacent to an activating group) is 1. The van der Waals surface area contributed by atoms with Gasteiger partial charge in [0.25, 0.3) is 0 Å². The number of nitrogens with zero attached hydrogens (tertiary/aromatic N) is 4. The number of aryl methyl sites for hydroxylation is 1. The summed E-state index contributed by atoms with van der Waals surface area (Å²) in [6, 6.07) is 0.374. The average Bonchev–Trinajstić information content (AvgIpc) is 3.01. The predicted octanol–water partition coefficient (Wildman–Crippen LogP) is 2.37. The van der Waals surface area contributed by atoms with Gasteiger partial charge in [-0.3, -0.25) is 4.90 Å². The Hall–Kier alpha value is -1.24. The van der Waals surface area contributed by atoms with Gasteiger partial charge in [0.2, 0.25) is 0 Å². The molecule has 0 aliphatic carbocycles. The van der Waals surface area contributed by atoms with Gasteiger partial charge in [-0.1, -0.05) is 0 Å². The molecule has 0 N–H and O–H groups in total. The number of aromatic nitrogens is 3. The third-order valence-electron chi connectivity index (χ3n) is 3.85. The Balaban J connectivity index is 1.63. The summed E-state index contributed by atoms with van der Waals surface area (Å²) < 4.78 is 8.06. The van der Waals surface area contributed by atoms with Crippen LogP contribution >= 0.6 is 11.3 Å². The average molecular weight is 292 g/mol. The summed E-state index contributed by atoms with van der Waals surface area (Å²) >= 11 is 1.66. The Labute approximate surface area is 123 Å². The van der Waals surface area contributed by atoms with E-state index in [0.29, 0.717) is 19.3 Å². The van der Waals surface area contributed by atoms with Gasteiger partial charge >= 0.3 is 0 Å². The molecule has 0 saturated carbocycles. The van der Waals surface area contributed by atoms with Crippen molar-refractivity contribution in [2.75, 3.05) is 13.6 Å². The SMILES string of the molecule is Cc1nc(COCc2cnc3n2CCN(C)C3C)cs1. The largest absolute Gasteiger partial charge is 0.369 e. The number of fused-ring (bicyclic) bond motifs is 1. The molecule has 2 aromatic heterocycles. The molecule has 0 bridgehead atoms. The summed E-state index contributed by atoms with van der Waals surface area (Å²) in [5.41, 5.74) is 2.17. The first-order valence-corrected chi connectivity index (χ1v) is 7.76. The van der Waals surface area contributed by atoms with E-state index in [-0.39, 0.29) is 0 Å². The Morgan fingerprint density at radius 1 is 1.40 bits per heavy atom. The second kappa shape index (κ2) is 5.63. The molecule has 1 aliphatic heterocycles. The lowest BCUT2D eigenvalue weighted by Gasteiger charge is -2.31. The second-order valence-electron chi connectivity index (χ2n) is 5.27. The van der Waals surface area contributed by atoms with Crippen molar-refractivity contribution in [3.8, 4) is 0 Å². The Kier molecular flexibility index (Phi) is 3.87. The van der Waals surface area contributed by atoms with Crippen molar-refractivity contribution in [3.63, 3.8) is 0 Å². The van der Waals surface area contributed by atoms with E-state index in [1.165, 1.54) is 0 Å². The summed E-state index contributed by atoms with van der Waals surface area (Å²) in [6.45, 7) is 7.42. The lowest BCUT2D eigenvalue weighted by Crippen LogP contribution is -2.34. The highest BCUT2D eigenvalue weighted by atomic mass is 32.1. The number of hydrogen-bond donors (Lipinski definition) is 0. The molecule has 6 heteroatoms. The van der Waals surface area contributed by atoms with Gasteiger partial charge in [0.15, 0.2) is 0 Å². The summed E-state index contributed by atoms with van der Waals surface area (Å²) in [5.74, 6) is 1.14. The van der Waals surface area contributed by atoms with Gasteiger partial charge in [0.05, 0.1) is 41.8 Å². The van der Waals surface area contributed by atoms with Gasteiger partial charge in [-0.05, 0) is 20.9 Å². The van der Waals surface area contributed by atoms with E-state index in [0.717, 1.165) is 35.3 Å². The minimum atomic E-state index is 0.374. The first kappa shape index (κ1) is 13.7. The first-order valence-electron chi connectivity index (χ1n) is 6.88. The molecular weight excluding hydrogens is 272 g/mol. The first-order chi connectivity index (χ1) is 9.65. The van der Waals surface area contributed by atoms with E-state index in [2.05, 4.69) is 38.8 Å². The zero-order valence-corrected chi connectivity index (χ0v) is 13.0. The highest BCUT2D eigenvalue weighted by Gasteiger charge is 2.24. The van der Waals surface area contributed by atoms with Crippen LogP contribution in [0.3, 0.4) is 0 Å². The molecule has 20 heavy (non-hydrogen) atoms. The molecule has 5 nitrogen and oxygen atoms in total. The second-order valence-corrected chi connectivity index (χ2v) is 6.33. The molecule has 1 aliphatic rings. The van der Waals surface area contributed by atoms with Gasteiger partial charge in [-0.15, -0.1) is 11.3 Å². The number of rotatable bonds is 4. The van der Waals surface area contributed by atoms with Crippen LogP contribution in [0.5, 0.6) is 0 Å². The molecule has 3 rings (SSSR count). The van der Waals surface area contributed by atoms with Crippen molar-refractivity contribution in [1.29, 1.82) is 0 Å². The van der Waals surface area contributed by atoms with E-state index in [1.807, 2.05) is 13.1 Å². The molecule has 1 atom stereocenters. The predicted molar refractivity (Wildman–Crippen MR) is 78.6 cm³/mol. The Bertz CT molecular complexity index is 592. The summed E-state index contributed by atoms with van der Waals surface area (Å²) in [6.07, 6.45) is 1.94. The van der Waals surface area contributed by atoms with Crippen molar-refractivity contribution in [2.24, 2.45) is 0 Å². The van der Waals surface area contributed by atoms with Crippen molar-refractivity contribution >= 4 is 11.3 Å². The summed E-state index contributed by atoms with van der Waals surface area (Å²) in [5, 5.41) is 3.14. The zero-order chi connectivity index (χ0) is 14.1. The number of hydrogen-bond acceptors (Lipinski definition) is 5. The van der Waals surface area contributed by atoms with E-state index in [4.69, 9.17) is 4.74 Å². The van der Waals surface area contributed by atoms with Crippen LogP contribution in [0.25, 0.3) is 0 Å². The molecule has 0 radical (unpaired) electrons. The maximum atomic E-state index is 5.78. The fourth-order valence-corrected chi connectivity index (χ4v) is 3.11. The standard InChI is InChI=1S/C14H20N4OS/c1-10-14-15-6-13(18(14)5-4-17(10)3)8-19-7-12-9-20-11(2)16-12/h6,9-10H,4-5,7-8H2,1-3H3. The number of thiazole rings is 1. The molecule has 0 amide bonds. The highest BCUT2D eigenvalue weighted by molar-refractivity contribution is 7.09. The molecule has 0 saturated heterocycles. The van der Waals surface area contributed by atoms with E-state index in [1.54, 1.807) is 11.3 Å². The minimum Gasteiger partial charge on any atom is -0.369 e. The third kappa shape index (κ3) is 2.63. The highest BCUT2D eigenvalue weighted by Crippen LogP contribution is 2.24. The zero-order valence-electron chi connectivity index (χ0n) is 12.2. The van der Waals surface area contributed by atoms with E-state index >= 15 is 0 Å². The minimum absolute atomic E-state index is 0.374. The van der Waals surface area contributed by atoms with Crippen LogP contribution in [-0.4, -0.2) is 33.0 Å². The van der Waals surface area contributed by atoms with Gasteiger partial charge in [-0.25, -0.2) is 9.97 Å². The fourth-order valence-electron chi connectivity index (χ4n) is 2.52. The van der Waals surface area contributed by atoms with Crippen LogP contribution in [0, 0.1) is 6.92 Å². The Morgan fingerprint density at radius 3 is 3.00 bits per heavy atom. The van der Waals surface area contributed by atoms with Crippen molar-refractivity contribution < 1.29 is 4.74 Å². The van der Waals surface area contributed by atoms with E-state index < -0.39 is 0 Å². The Morgan fingerprint density at radius 2 is 2.25 bits per heavy atom. The molecular formula is C14H20N4OS. The number of imidazole rings is 1. The van der Waals surface area contributed by atoms with Crippen molar-refractivity contribution in [3.05, 3.63) is 33.8 Å².